The lowest BCUT2D eigenvalue weighted by molar-refractivity contribution is -0.145. The Morgan fingerprint density at radius 1 is 1.32 bits per heavy atom. The zero-order valence-corrected chi connectivity index (χ0v) is 13.2. The summed E-state index contributed by atoms with van der Waals surface area (Å²) in [6, 6.07) is 3.15. The molecule has 0 atom stereocenters. The molecule has 1 amide bonds. The van der Waals surface area contributed by atoms with E-state index in [4.69, 9.17) is 26.2 Å². The van der Waals surface area contributed by atoms with Gasteiger partial charge in [0.2, 0.25) is 5.91 Å². The van der Waals surface area contributed by atoms with E-state index in [1.165, 1.54) is 4.90 Å². The Labute approximate surface area is 133 Å². The predicted octanol–water partition coefficient (Wildman–Crippen LogP) is 1.98. The van der Waals surface area contributed by atoms with Crippen LogP contribution < -0.4 is 9.47 Å². The van der Waals surface area contributed by atoms with Gasteiger partial charge in [0.1, 0.15) is 19.8 Å². The molecule has 0 aromatic heterocycles. The number of fused-ring (bicyclic) bond motifs is 1. The highest BCUT2D eigenvalue weighted by Gasteiger charge is 2.22. The molecule has 7 heteroatoms. The lowest BCUT2D eigenvalue weighted by Crippen LogP contribution is -2.41. The number of halogens is 1. The molecule has 1 aromatic rings. The fourth-order valence-electron chi connectivity index (χ4n) is 2.25. The van der Waals surface area contributed by atoms with Crippen LogP contribution in [0.4, 0.5) is 0 Å². The second kappa shape index (κ2) is 6.87. The van der Waals surface area contributed by atoms with Crippen LogP contribution in [-0.4, -0.2) is 47.7 Å². The molecular formula is C15H18ClNO5. The summed E-state index contributed by atoms with van der Waals surface area (Å²) >= 11 is 6.13. The van der Waals surface area contributed by atoms with Crippen molar-refractivity contribution >= 4 is 23.5 Å². The Balaban J connectivity index is 2.17. The monoisotopic (exact) mass is 327 g/mol. The fraction of sp³-hybridized carbons (Fsp3) is 0.467. The zero-order chi connectivity index (χ0) is 16.3. The maximum absolute atomic E-state index is 12.3. The average Bonchev–Trinajstić information content (AvgIpc) is 2.44. The molecule has 1 N–H and O–H groups in total. The number of benzene rings is 1. The van der Waals surface area contributed by atoms with Gasteiger partial charge in [0.05, 0.1) is 11.4 Å². The Kier molecular flexibility index (Phi) is 5.13. The minimum Gasteiger partial charge on any atom is -0.486 e. The molecule has 1 aromatic carbocycles. The lowest BCUT2D eigenvalue weighted by atomic mass is 10.1. The van der Waals surface area contributed by atoms with E-state index in [0.29, 0.717) is 35.3 Å². The maximum atomic E-state index is 12.3. The zero-order valence-electron chi connectivity index (χ0n) is 12.5. The second-order valence-electron chi connectivity index (χ2n) is 5.29. The molecule has 6 nitrogen and oxygen atoms in total. The molecule has 2 rings (SSSR count). The number of carboxylic acids is 1. The van der Waals surface area contributed by atoms with E-state index in [1.807, 2.05) is 0 Å². The first kappa shape index (κ1) is 16.4. The topological polar surface area (TPSA) is 76.1 Å². The van der Waals surface area contributed by atoms with E-state index < -0.39 is 5.97 Å². The number of carboxylic acid groups (broad SMARTS) is 1. The van der Waals surface area contributed by atoms with E-state index >= 15 is 0 Å². The molecule has 1 aliphatic heterocycles. The van der Waals surface area contributed by atoms with Crippen LogP contribution >= 0.6 is 11.6 Å². The van der Waals surface area contributed by atoms with Crippen LogP contribution in [0.15, 0.2) is 12.1 Å². The van der Waals surface area contributed by atoms with Gasteiger partial charge in [-0.2, -0.15) is 0 Å². The summed E-state index contributed by atoms with van der Waals surface area (Å²) in [4.78, 5) is 24.5. The second-order valence-corrected chi connectivity index (χ2v) is 5.69. The van der Waals surface area contributed by atoms with Gasteiger partial charge in [0.25, 0.3) is 0 Å². The molecule has 0 spiro atoms. The van der Waals surface area contributed by atoms with Gasteiger partial charge in [-0.3, -0.25) is 9.59 Å². The first-order valence-corrected chi connectivity index (χ1v) is 7.35. The fourth-order valence-corrected chi connectivity index (χ4v) is 2.53. The number of aliphatic carboxylic acids is 1. The normalized spacial score (nSPS) is 13.1. The molecule has 0 aliphatic carbocycles. The van der Waals surface area contributed by atoms with Gasteiger partial charge in [-0.1, -0.05) is 11.6 Å². The van der Waals surface area contributed by atoms with Gasteiger partial charge >= 0.3 is 5.97 Å². The molecule has 0 saturated heterocycles. The molecule has 0 radical (unpaired) electrons. The molecule has 0 bridgehead atoms. The number of amides is 1. The third kappa shape index (κ3) is 3.82. The van der Waals surface area contributed by atoms with Crippen LogP contribution in [0.3, 0.4) is 0 Å². The molecule has 1 aliphatic rings. The van der Waals surface area contributed by atoms with E-state index in [1.54, 1.807) is 26.0 Å². The van der Waals surface area contributed by atoms with Crippen LogP contribution in [0.2, 0.25) is 5.02 Å². The number of hydrogen-bond donors (Lipinski definition) is 1. The predicted molar refractivity (Wildman–Crippen MR) is 80.6 cm³/mol. The van der Waals surface area contributed by atoms with E-state index in [9.17, 15) is 9.59 Å². The van der Waals surface area contributed by atoms with Gasteiger partial charge in [0.15, 0.2) is 11.5 Å². The minimum atomic E-state index is -1.04. The minimum absolute atomic E-state index is 0.0574. The Hall–Kier alpha value is -1.95. The summed E-state index contributed by atoms with van der Waals surface area (Å²) in [5, 5.41) is 9.28. The number of rotatable bonds is 5. The van der Waals surface area contributed by atoms with E-state index in [0.717, 1.165) is 0 Å². The van der Waals surface area contributed by atoms with E-state index in [2.05, 4.69) is 0 Å². The summed E-state index contributed by atoms with van der Waals surface area (Å²) in [7, 11) is 0. The standard InChI is InChI=1S/C15H18ClNO5/c1-9(2)17(8-14(19)20)13(18)7-10-5-11(16)15-12(6-10)21-3-4-22-15/h5-6,9H,3-4,7-8H2,1-2H3,(H,19,20). The van der Waals surface area contributed by atoms with Crippen molar-refractivity contribution in [1.82, 2.24) is 4.90 Å². The van der Waals surface area contributed by atoms with Crippen molar-refractivity contribution < 1.29 is 24.2 Å². The Morgan fingerprint density at radius 3 is 2.64 bits per heavy atom. The Morgan fingerprint density at radius 2 is 2.00 bits per heavy atom. The smallest absolute Gasteiger partial charge is 0.323 e. The van der Waals surface area contributed by atoms with Crippen LogP contribution in [0.1, 0.15) is 19.4 Å². The summed E-state index contributed by atoms with van der Waals surface area (Å²) in [6.07, 6.45) is 0.0574. The van der Waals surface area contributed by atoms with Crippen LogP contribution in [0.25, 0.3) is 0 Å². The highest BCUT2D eigenvalue weighted by molar-refractivity contribution is 6.32. The number of ether oxygens (including phenoxy) is 2. The van der Waals surface area contributed by atoms with E-state index in [-0.39, 0.29) is 24.9 Å². The number of hydrogen-bond acceptors (Lipinski definition) is 4. The highest BCUT2D eigenvalue weighted by Crippen LogP contribution is 2.38. The Bertz CT molecular complexity index is 588. The molecule has 1 heterocycles. The first-order valence-electron chi connectivity index (χ1n) is 6.97. The average molecular weight is 328 g/mol. The lowest BCUT2D eigenvalue weighted by Gasteiger charge is -2.25. The number of carbonyl (C=O) groups excluding carboxylic acids is 1. The van der Waals surface area contributed by atoms with Gasteiger partial charge in [-0.15, -0.1) is 0 Å². The molecule has 0 fully saturated rings. The molecule has 22 heavy (non-hydrogen) atoms. The first-order chi connectivity index (χ1) is 10.4. The SMILES string of the molecule is CC(C)N(CC(=O)O)C(=O)Cc1cc(Cl)c2c(c1)OCCO2. The van der Waals surface area contributed by atoms with Gasteiger partial charge < -0.3 is 19.5 Å². The van der Waals surface area contributed by atoms with Crippen molar-refractivity contribution in [3.63, 3.8) is 0 Å². The molecule has 120 valence electrons. The van der Waals surface area contributed by atoms with Crippen molar-refractivity contribution in [2.45, 2.75) is 26.3 Å². The number of nitrogens with zero attached hydrogens (tertiary/aromatic N) is 1. The van der Waals surface area contributed by atoms with Crippen LogP contribution in [-0.2, 0) is 16.0 Å². The van der Waals surface area contributed by atoms with Crippen molar-refractivity contribution in [2.75, 3.05) is 19.8 Å². The molecule has 0 saturated carbocycles. The summed E-state index contributed by atoms with van der Waals surface area (Å²) < 4.78 is 10.9. The molecule has 0 unspecified atom stereocenters. The number of carbonyl (C=O) groups is 2. The van der Waals surface area contributed by atoms with Crippen molar-refractivity contribution in [2.24, 2.45) is 0 Å². The largest absolute Gasteiger partial charge is 0.486 e. The maximum Gasteiger partial charge on any atom is 0.323 e. The quantitative estimate of drug-likeness (QED) is 0.895. The summed E-state index contributed by atoms with van der Waals surface area (Å²) in [5.41, 5.74) is 0.662. The summed E-state index contributed by atoms with van der Waals surface area (Å²) in [5.74, 6) is -0.321. The van der Waals surface area contributed by atoms with Crippen LogP contribution in [0.5, 0.6) is 11.5 Å². The highest BCUT2D eigenvalue weighted by atomic mass is 35.5. The summed E-state index contributed by atoms with van der Waals surface area (Å²) in [6.45, 7) is 4.09. The van der Waals surface area contributed by atoms with Gasteiger partial charge in [0, 0.05) is 6.04 Å². The van der Waals surface area contributed by atoms with Crippen molar-refractivity contribution in [1.29, 1.82) is 0 Å². The van der Waals surface area contributed by atoms with Crippen LogP contribution in [0, 0.1) is 0 Å². The third-order valence-electron chi connectivity index (χ3n) is 3.26. The van der Waals surface area contributed by atoms with Crippen molar-refractivity contribution in [3.05, 3.63) is 22.7 Å². The third-order valence-corrected chi connectivity index (χ3v) is 3.54. The van der Waals surface area contributed by atoms with Gasteiger partial charge in [-0.05, 0) is 31.5 Å². The molecular weight excluding hydrogens is 310 g/mol. The van der Waals surface area contributed by atoms with Crippen molar-refractivity contribution in [3.8, 4) is 11.5 Å². The van der Waals surface area contributed by atoms with Gasteiger partial charge in [-0.25, -0.2) is 0 Å².